The number of H-pyrrole nitrogens is 1. The quantitative estimate of drug-likeness (QED) is 0.502. The van der Waals surface area contributed by atoms with E-state index in [4.69, 9.17) is 0 Å². The molecule has 0 saturated heterocycles. The maximum absolute atomic E-state index is 11.6. The summed E-state index contributed by atoms with van der Waals surface area (Å²) in [5.74, 6) is 0.270. The van der Waals surface area contributed by atoms with Crippen molar-refractivity contribution in [2.24, 2.45) is 0 Å². The Kier molecular flexibility index (Phi) is 10.7. The summed E-state index contributed by atoms with van der Waals surface area (Å²) in [7, 11) is 0. The van der Waals surface area contributed by atoms with Gasteiger partial charge in [0.1, 0.15) is 0 Å². The molecule has 1 N–H and O–H groups in total. The van der Waals surface area contributed by atoms with Gasteiger partial charge in [0, 0.05) is 24.4 Å². The first-order chi connectivity index (χ1) is 8.34. The maximum Gasteiger partial charge on any atom is 0.164 e. The minimum Gasteiger partial charge on any atom is -0.367 e. The van der Waals surface area contributed by atoms with Gasteiger partial charge in [0.2, 0.25) is 0 Å². The Bertz CT molecular complexity index is 264. The number of carbonyl (C=O) groups excluding carboxylic acids is 1. The molecule has 0 unspecified atom stereocenters. The van der Waals surface area contributed by atoms with Crippen molar-refractivity contribution in [1.29, 1.82) is 0 Å². The molecule has 1 aromatic rings. The van der Waals surface area contributed by atoms with Crippen LogP contribution in [0.25, 0.3) is 0 Å². The Balaban J connectivity index is 0.00000121. The van der Waals surface area contributed by atoms with Crippen LogP contribution >= 0.6 is 0 Å². The van der Waals surface area contributed by atoms with Crippen LogP contribution in [0.15, 0.2) is 18.5 Å². The van der Waals surface area contributed by atoms with Crippen molar-refractivity contribution in [2.75, 3.05) is 0 Å². The Hall–Kier alpha value is -1.05. The highest BCUT2D eigenvalue weighted by Gasteiger charge is 2.04. The Morgan fingerprint density at radius 1 is 1.12 bits per heavy atom. The van der Waals surface area contributed by atoms with Crippen molar-refractivity contribution in [2.45, 2.75) is 65.7 Å². The number of carbonyl (C=O) groups is 1. The summed E-state index contributed by atoms with van der Waals surface area (Å²) in [4.78, 5) is 14.5. The van der Waals surface area contributed by atoms with E-state index in [-0.39, 0.29) is 5.78 Å². The maximum atomic E-state index is 11.6. The van der Waals surface area contributed by atoms with E-state index in [2.05, 4.69) is 11.9 Å². The van der Waals surface area contributed by atoms with Crippen molar-refractivity contribution in [3.05, 3.63) is 24.0 Å². The molecular weight excluding hydrogens is 210 g/mol. The first-order valence-corrected chi connectivity index (χ1v) is 7.00. The third-order valence-corrected chi connectivity index (χ3v) is 2.68. The van der Waals surface area contributed by atoms with E-state index in [1.54, 1.807) is 12.4 Å². The summed E-state index contributed by atoms with van der Waals surface area (Å²) >= 11 is 0. The average Bonchev–Trinajstić information content (AvgIpc) is 2.90. The van der Waals surface area contributed by atoms with Crippen molar-refractivity contribution < 1.29 is 4.79 Å². The molecule has 0 aliphatic carbocycles. The van der Waals surface area contributed by atoms with E-state index in [1.807, 2.05) is 19.9 Å². The fourth-order valence-corrected chi connectivity index (χ4v) is 1.71. The van der Waals surface area contributed by atoms with Gasteiger partial charge in [0.25, 0.3) is 0 Å². The van der Waals surface area contributed by atoms with Crippen LogP contribution in [-0.4, -0.2) is 10.8 Å². The van der Waals surface area contributed by atoms with Crippen LogP contribution in [-0.2, 0) is 0 Å². The van der Waals surface area contributed by atoms with Gasteiger partial charge in [-0.15, -0.1) is 0 Å². The molecule has 0 saturated carbocycles. The second-order valence-electron chi connectivity index (χ2n) is 4.04. The first kappa shape index (κ1) is 16.0. The van der Waals surface area contributed by atoms with Crippen molar-refractivity contribution in [3.63, 3.8) is 0 Å². The van der Waals surface area contributed by atoms with Gasteiger partial charge in [-0.2, -0.15) is 0 Å². The molecule has 1 rings (SSSR count). The van der Waals surface area contributed by atoms with Crippen LogP contribution in [0, 0.1) is 0 Å². The largest absolute Gasteiger partial charge is 0.367 e. The van der Waals surface area contributed by atoms with Crippen molar-refractivity contribution in [1.82, 2.24) is 4.98 Å². The number of nitrogens with one attached hydrogen (secondary N) is 1. The van der Waals surface area contributed by atoms with E-state index in [0.29, 0.717) is 6.42 Å². The zero-order valence-corrected chi connectivity index (χ0v) is 11.6. The minimum absolute atomic E-state index is 0.270. The van der Waals surface area contributed by atoms with Gasteiger partial charge in [-0.25, -0.2) is 0 Å². The van der Waals surface area contributed by atoms with Crippen LogP contribution in [0.5, 0.6) is 0 Å². The van der Waals surface area contributed by atoms with E-state index >= 15 is 0 Å². The standard InChI is InChI=1S/C13H21NO.C2H6/c1-2-3-4-5-6-7-8-13(15)12-9-10-14-11-12;1-2/h9-11,14H,2-8H2,1H3;1-2H3. The number of hydrogen-bond acceptors (Lipinski definition) is 1. The molecule has 17 heavy (non-hydrogen) atoms. The van der Waals surface area contributed by atoms with Crippen molar-refractivity contribution in [3.8, 4) is 0 Å². The van der Waals surface area contributed by atoms with Crippen LogP contribution in [0.1, 0.15) is 76.1 Å². The van der Waals surface area contributed by atoms with E-state index in [1.165, 1.54) is 32.1 Å². The molecule has 1 aromatic heterocycles. The van der Waals surface area contributed by atoms with E-state index in [9.17, 15) is 4.79 Å². The highest BCUT2D eigenvalue weighted by atomic mass is 16.1. The number of ketones is 1. The lowest BCUT2D eigenvalue weighted by atomic mass is 10.1. The summed E-state index contributed by atoms with van der Waals surface area (Å²) < 4.78 is 0. The van der Waals surface area contributed by atoms with Gasteiger partial charge >= 0.3 is 0 Å². The Morgan fingerprint density at radius 2 is 1.76 bits per heavy atom. The van der Waals surface area contributed by atoms with Gasteiger partial charge in [-0.1, -0.05) is 52.9 Å². The molecule has 0 spiro atoms. The van der Waals surface area contributed by atoms with Crippen molar-refractivity contribution >= 4 is 5.78 Å². The van der Waals surface area contributed by atoms with Gasteiger partial charge in [-0.05, 0) is 12.5 Å². The lowest BCUT2D eigenvalue weighted by Crippen LogP contribution is -1.96. The zero-order valence-electron chi connectivity index (χ0n) is 11.6. The fraction of sp³-hybridized carbons (Fsp3) is 0.667. The number of hydrogen-bond donors (Lipinski definition) is 1. The summed E-state index contributed by atoms with van der Waals surface area (Å²) in [6.07, 6.45) is 11.7. The molecule has 0 aliphatic rings. The minimum atomic E-state index is 0.270. The summed E-state index contributed by atoms with van der Waals surface area (Å²) in [5.41, 5.74) is 0.823. The van der Waals surface area contributed by atoms with E-state index in [0.717, 1.165) is 12.0 Å². The molecule has 0 atom stereocenters. The Labute approximate surface area is 106 Å². The van der Waals surface area contributed by atoms with Gasteiger partial charge < -0.3 is 4.98 Å². The second-order valence-corrected chi connectivity index (χ2v) is 4.04. The smallest absolute Gasteiger partial charge is 0.164 e. The average molecular weight is 237 g/mol. The number of aromatic amines is 1. The monoisotopic (exact) mass is 237 g/mol. The molecule has 0 bridgehead atoms. The molecular formula is C15H27NO. The van der Waals surface area contributed by atoms with Gasteiger partial charge in [-0.3, -0.25) is 4.79 Å². The van der Waals surface area contributed by atoms with E-state index < -0.39 is 0 Å². The highest BCUT2D eigenvalue weighted by molar-refractivity contribution is 5.95. The lowest BCUT2D eigenvalue weighted by Gasteiger charge is -1.99. The first-order valence-electron chi connectivity index (χ1n) is 7.00. The third-order valence-electron chi connectivity index (χ3n) is 2.68. The third kappa shape index (κ3) is 7.78. The zero-order chi connectivity index (χ0) is 12.9. The number of Topliss-reactive ketones (excluding diaryl/α,β-unsaturated/α-hetero) is 1. The predicted octanol–water partition coefficient (Wildman–Crippen LogP) is 4.97. The SMILES string of the molecule is CC.CCCCCCCCC(=O)c1cc[nH]c1. The van der Waals surface area contributed by atoms with Crippen LogP contribution < -0.4 is 0 Å². The van der Waals surface area contributed by atoms with Crippen LogP contribution in [0.2, 0.25) is 0 Å². The van der Waals surface area contributed by atoms with Gasteiger partial charge in [0.15, 0.2) is 5.78 Å². The molecule has 2 heteroatoms. The van der Waals surface area contributed by atoms with Crippen LogP contribution in [0.4, 0.5) is 0 Å². The fourth-order valence-electron chi connectivity index (χ4n) is 1.71. The topological polar surface area (TPSA) is 32.9 Å². The normalized spacial score (nSPS) is 9.59. The lowest BCUT2D eigenvalue weighted by molar-refractivity contribution is 0.0979. The number of aromatic nitrogens is 1. The van der Waals surface area contributed by atoms with Gasteiger partial charge in [0.05, 0.1) is 0 Å². The molecule has 2 nitrogen and oxygen atoms in total. The summed E-state index contributed by atoms with van der Waals surface area (Å²) in [6, 6.07) is 1.85. The molecule has 0 radical (unpaired) electrons. The molecule has 98 valence electrons. The summed E-state index contributed by atoms with van der Waals surface area (Å²) in [5, 5.41) is 0. The van der Waals surface area contributed by atoms with Crippen LogP contribution in [0.3, 0.4) is 0 Å². The highest BCUT2D eigenvalue weighted by Crippen LogP contribution is 2.10. The number of rotatable bonds is 8. The molecule has 0 amide bonds. The predicted molar refractivity (Wildman–Crippen MR) is 74.5 cm³/mol. The number of unbranched alkanes of at least 4 members (excludes halogenated alkanes) is 5. The Morgan fingerprint density at radius 3 is 2.35 bits per heavy atom. The molecule has 0 aliphatic heterocycles. The summed E-state index contributed by atoms with van der Waals surface area (Å²) in [6.45, 7) is 6.22. The molecule has 0 fully saturated rings. The second kappa shape index (κ2) is 11.4. The molecule has 0 aromatic carbocycles. The molecule has 1 heterocycles.